The minimum atomic E-state index is -1.20. The number of aliphatic carboxylic acids is 1. The Kier molecular flexibility index (Phi) is 13.8. The van der Waals surface area contributed by atoms with Crippen LogP contribution in [0.25, 0.3) is 0 Å². The molecule has 0 heterocycles. The van der Waals surface area contributed by atoms with Crippen LogP contribution in [0, 0.1) is 5.92 Å². The average molecular weight is 459 g/mol. The molecule has 0 aliphatic rings. The third-order valence-electron chi connectivity index (χ3n) is 4.69. The van der Waals surface area contributed by atoms with Crippen LogP contribution in [-0.2, 0) is 24.0 Å². The molecule has 0 saturated heterocycles. The van der Waals surface area contributed by atoms with Gasteiger partial charge in [0.15, 0.2) is 0 Å². The molecule has 12 nitrogen and oxygen atoms in total. The quantitative estimate of drug-likeness (QED) is 0.132. The summed E-state index contributed by atoms with van der Waals surface area (Å²) in [5.41, 5.74) is 16.3. The molecule has 0 spiro atoms. The number of amides is 4. The Balaban J connectivity index is 5.32. The van der Waals surface area contributed by atoms with Gasteiger partial charge in [0.1, 0.15) is 18.1 Å². The van der Waals surface area contributed by atoms with E-state index in [4.69, 9.17) is 22.3 Å². The Bertz CT molecular complexity index is 656. The van der Waals surface area contributed by atoms with Crippen LogP contribution in [0.3, 0.4) is 0 Å². The summed E-state index contributed by atoms with van der Waals surface area (Å²) in [5.74, 6) is -3.62. The lowest BCUT2D eigenvalue weighted by Gasteiger charge is -2.25. The molecule has 0 aromatic carbocycles. The van der Waals surface area contributed by atoms with Crippen LogP contribution >= 0.6 is 0 Å². The topological polar surface area (TPSA) is 220 Å². The minimum Gasteiger partial charge on any atom is -0.480 e. The van der Waals surface area contributed by atoms with Gasteiger partial charge < -0.3 is 38.3 Å². The summed E-state index contributed by atoms with van der Waals surface area (Å²) in [6.45, 7) is 5.43. The van der Waals surface area contributed by atoms with Crippen LogP contribution < -0.4 is 33.2 Å². The van der Waals surface area contributed by atoms with Crippen molar-refractivity contribution in [3.05, 3.63) is 0 Å². The van der Waals surface area contributed by atoms with E-state index in [-0.39, 0.29) is 31.6 Å². The number of nitrogens with two attached hydrogens (primary N) is 3. The van der Waals surface area contributed by atoms with Crippen molar-refractivity contribution in [1.29, 1.82) is 0 Å². The van der Waals surface area contributed by atoms with Crippen molar-refractivity contribution in [3.8, 4) is 0 Å². The molecule has 0 saturated carbocycles. The van der Waals surface area contributed by atoms with Crippen LogP contribution in [-0.4, -0.2) is 65.4 Å². The molecule has 0 fully saturated rings. The second-order valence-corrected chi connectivity index (χ2v) is 8.22. The van der Waals surface area contributed by atoms with Gasteiger partial charge in [0.25, 0.3) is 0 Å². The summed E-state index contributed by atoms with van der Waals surface area (Å²) >= 11 is 0. The summed E-state index contributed by atoms with van der Waals surface area (Å²) in [7, 11) is 0. The summed E-state index contributed by atoms with van der Waals surface area (Å²) < 4.78 is 0. The fourth-order valence-electron chi connectivity index (χ4n) is 2.82. The molecular weight excluding hydrogens is 420 g/mol. The first-order valence-corrected chi connectivity index (χ1v) is 10.8. The van der Waals surface area contributed by atoms with Crippen molar-refractivity contribution in [3.63, 3.8) is 0 Å². The van der Waals surface area contributed by atoms with Crippen LogP contribution in [0.2, 0.25) is 0 Å². The lowest BCUT2D eigenvalue weighted by atomic mass is 10.0. The molecule has 0 radical (unpaired) electrons. The van der Waals surface area contributed by atoms with E-state index in [0.29, 0.717) is 19.4 Å². The zero-order valence-corrected chi connectivity index (χ0v) is 19.1. The van der Waals surface area contributed by atoms with Crippen molar-refractivity contribution >= 4 is 29.6 Å². The lowest BCUT2D eigenvalue weighted by Crippen LogP contribution is -2.57. The smallest absolute Gasteiger partial charge is 0.325 e. The Morgan fingerprint density at radius 2 is 1.41 bits per heavy atom. The molecule has 0 aromatic rings. The molecule has 32 heavy (non-hydrogen) atoms. The molecule has 0 rings (SSSR count). The zero-order valence-electron chi connectivity index (χ0n) is 19.1. The van der Waals surface area contributed by atoms with E-state index in [9.17, 15) is 24.0 Å². The number of carbonyl (C=O) groups excluding carboxylic acids is 4. The number of unbranched alkanes of at least 4 members (excludes halogenated alkanes) is 1. The second kappa shape index (κ2) is 15.1. The monoisotopic (exact) mass is 458 g/mol. The van der Waals surface area contributed by atoms with Gasteiger partial charge in [-0.3, -0.25) is 24.0 Å². The number of carboxylic acids is 1. The Morgan fingerprint density at radius 1 is 0.844 bits per heavy atom. The Morgan fingerprint density at radius 3 is 1.91 bits per heavy atom. The third-order valence-corrected chi connectivity index (χ3v) is 4.69. The lowest BCUT2D eigenvalue weighted by molar-refractivity contribution is -0.142. The zero-order chi connectivity index (χ0) is 24.8. The minimum absolute atomic E-state index is 0.0266. The average Bonchev–Trinajstić information content (AvgIpc) is 2.69. The van der Waals surface area contributed by atoms with Gasteiger partial charge in [0.2, 0.25) is 23.6 Å². The van der Waals surface area contributed by atoms with Gasteiger partial charge in [-0.2, -0.15) is 0 Å². The first kappa shape index (κ1) is 29.3. The van der Waals surface area contributed by atoms with Gasteiger partial charge in [0, 0.05) is 6.42 Å². The molecule has 10 N–H and O–H groups in total. The number of primary amides is 1. The maximum absolute atomic E-state index is 12.9. The molecule has 0 aliphatic carbocycles. The number of nitrogens with one attached hydrogen (secondary N) is 3. The highest BCUT2D eigenvalue weighted by atomic mass is 16.4. The van der Waals surface area contributed by atoms with Gasteiger partial charge in [-0.15, -0.1) is 0 Å². The van der Waals surface area contributed by atoms with Gasteiger partial charge in [-0.25, -0.2) is 0 Å². The van der Waals surface area contributed by atoms with Crippen molar-refractivity contribution in [2.75, 3.05) is 6.54 Å². The van der Waals surface area contributed by atoms with E-state index < -0.39 is 53.8 Å². The standard InChI is InChI=1S/C20H38N6O6/c1-11(2)10-15(19(30)24-12(3)20(31)32)26-18(29)14(6-4-5-9-21)25-17(28)13(22)7-8-16(23)27/h11-15H,4-10,21-22H2,1-3H3,(H2,23,27)(H,24,30)(H,25,28)(H,26,29)(H,31,32). The predicted octanol–water partition coefficient (Wildman–Crippen LogP) is -1.69. The van der Waals surface area contributed by atoms with Crippen LogP contribution in [0.15, 0.2) is 0 Å². The summed E-state index contributed by atoms with van der Waals surface area (Å²) in [6, 6.07) is -4.12. The molecule has 4 atom stereocenters. The van der Waals surface area contributed by atoms with Gasteiger partial charge in [-0.1, -0.05) is 13.8 Å². The van der Waals surface area contributed by atoms with E-state index in [1.54, 1.807) is 0 Å². The van der Waals surface area contributed by atoms with Gasteiger partial charge in [-0.05, 0) is 51.5 Å². The van der Waals surface area contributed by atoms with Crippen molar-refractivity contribution < 1.29 is 29.1 Å². The highest BCUT2D eigenvalue weighted by Crippen LogP contribution is 2.08. The van der Waals surface area contributed by atoms with Crippen molar-refractivity contribution in [1.82, 2.24) is 16.0 Å². The molecule has 4 amide bonds. The first-order valence-electron chi connectivity index (χ1n) is 10.8. The number of hydrogen-bond acceptors (Lipinski definition) is 7. The highest BCUT2D eigenvalue weighted by Gasteiger charge is 2.29. The third kappa shape index (κ3) is 12.2. The summed E-state index contributed by atoms with van der Waals surface area (Å²) in [4.78, 5) is 59.8. The molecule has 4 unspecified atom stereocenters. The maximum atomic E-state index is 12.9. The number of rotatable bonds is 16. The molecule has 0 aromatic heterocycles. The molecule has 0 aliphatic heterocycles. The Hall–Kier alpha value is -2.73. The van der Waals surface area contributed by atoms with Crippen molar-refractivity contribution in [2.45, 2.75) is 83.5 Å². The largest absolute Gasteiger partial charge is 0.480 e. The Labute approximate surface area is 188 Å². The van der Waals surface area contributed by atoms with Crippen LogP contribution in [0.5, 0.6) is 0 Å². The van der Waals surface area contributed by atoms with Gasteiger partial charge in [0.05, 0.1) is 6.04 Å². The fourth-order valence-corrected chi connectivity index (χ4v) is 2.82. The fraction of sp³-hybridized carbons (Fsp3) is 0.750. The predicted molar refractivity (Wildman–Crippen MR) is 118 cm³/mol. The molecule has 0 bridgehead atoms. The van der Waals surface area contributed by atoms with Crippen LogP contribution in [0.1, 0.15) is 59.3 Å². The van der Waals surface area contributed by atoms with E-state index in [0.717, 1.165) is 0 Å². The van der Waals surface area contributed by atoms with Crippen molar-refractivity contribution in [2.24, 2.45) is 23.1 Å². The van der Waals surface area contributed by atoms with Crippen LogP contribution in [0.4, 0.5) is 0 Å². The number of carboxylic acid groups (broad SMARTS) is 1. The normalized spacial score (nSPS) is 14.7. The van der Waals surface area contributed by atoms with E-state index in [1.165, 1.54) is 6.92 Å². The van der Waals surface area contributed by atoms with E-state index in [2.05, 4.69) is 16.0 Å². The highest BCUT2D eigenvalue weighted by molar-refractivity contribution is 5.94. The molecular formula is C20H38N6O6. The first-order chi connectivity index (χ1) is 14.9. The SMILES string of the molecule is CC(C)CC(NC(=O)C(CCCCN)NC(=O)C(N)CCC(N)=O)C(=O)NC(C)C(=O)O. The van der Waals surface area contributed by atoms with Gasteiger partial charge >= 0.3 is 5.97 Å². The van der Waals surface area contributed by atoms with E-state index >= 15 is 0 Å². The molecule has 184 valence electrons. The second-order valence-electron chi connectivity index (χ2n) is 8.22. The maximum Gasteiger partial charge on any atom is 0.325 e. The van der Waals surface area contributed by atoms with E-state index in [1.807, 2.05) is 13.8 Å². The summed E-state index contributed by atoms with van der Waals surface area (Å²) in [6.07, 6.45) is 1.66. The summed E-state index contributed by atoms with van der Waals surface area (Å²) in [5, 5.41) is 16.5. The number of hydrogen-bond donors (Lipinski definition) is 7. The molecule has 12 heteroatoms. The number of carbonyl (C=O) groups is 5.